The number of hydrogen-bond acceptors (Lipinski definition) is 2. The van der Waals surface area contributed by atoms with Gasteiger partial charge in [0, 0.05) is 18.9 Å². The molecule has 3 nitrogen and oxygen atoms in total. The van der Waals surface area contributed by atoms with Crippen LogP contribution in [0.4, 0.5) is 4.39 Å². The first-order valence-electron chi connectivity index (χ1n) is 5.60. The van der Waals surface area contributed by atoms with Gasteiger partial charge in [-0.25, -0.2) is 0 Å². The molecule has 0 saturated carbocycles. The lowest BCUT2D eigenvalue weighted by Gasteiger charge is -2.37. The van der Waals surface area contributed by atoms with Gasteiger partial charge >= 0.3 is 5.95 Å². The normalized spacial score (nSPS) is 29.4. The van der Waals surface area contributed by atoms with E-state index in [2.05, 4.69) is 0 Å². The van der Waals surface area contributed by atoms with E-state index in [1.807, 2.05) is 6.92 Å². The van der Waals surface area contributed by atoms with Crippen molar-refractivity contribution < 1.29 is 18.8 Å². The average Bonchev–Trinajstić information content (AvgIpc) is 2.27. The Kier molecular flexibility index (Phi) is 3.39. The Morgan fingerprint density at radius 3 is 3.00 bits per heavy atom. The van der Waals surface area contributed by atoms with Gasteiger partial charge in [-0.05, 0) is 6.07 Å². The smallest absolute Gasteiger partial charge is 0.365 e. The fourth-order valence-electron chi connectivity index (χ4n) is 2.24. The zero-order valence-electron chi connectivity index (χ0n) is 9.91. The van der Waals surface area contributed by atoms with Gasteiger partial charge < -0.3 is 9.84 Å². The fraction of sp³-hybridized carbons (Fsp3) is 0.583. The van der Waals surface area contributed by atoms with Crippen molar-refractivity contribution in [2.45, 2.75) is 18.9 Å². The number of nitrogens with zero attached hydrogens (tertiary/aromatic N) is 1. The molecule has 0 bridgehead atoms. The summed E-state index contributed by atoms with van der Waals surface area (Å²) in [6.07, 6.45) is 1.86. The van der Waals surface area contributed by atoms with Crippen LogP contribution in [0.15, 0.2) is 12.3 Å². The van der Waals surface area contributed by atoms with Crippen LogP contribution in [0.25, 0.3) is 0 Å². The lowest BCUT2D eigenvalue weighted by molar-refractivity contribution is -0.701. The summed E-state index contributed by atoms with van der Waals surface area (Å²) in [6.45, 7) is 2.70. The maximum absolute atomic E-state index is 14.1. The number of hydrogen-bond donors (Lipinski definition) is 1. The Balaban J connectivity index is 2.51. The van der Waals surface area contributed by atoms with Gasteiger partial charge in [-0.15, -0.1) is 4.39 Å². The minimum atomic E-state index is -1.20. The maximum Gasteiger partial charge on any atom is 0.365 e. The van der Waals surface area contributed by atoms with Gasteiger partial charge in [0.25, 0.3) is 0 Å². The molecule has 1 aromatic heterocycles. The summed E-state index contributed by atoms with van der Waals surface area (Å²) in [6, 6.07) is 1.50. The molecule has 0 amide bonds. The quantitative estimate of drug-likeness (QED) is 0.614. The number of aliphatic hydroxyl groups is 1. The highest BCUT2D eigenvalue weighted by Gasteiger charge is 2.43. The minimum absolute atomic E-state index is 0.163. The summed E-state index contributed by atoms with van der Waals surface area (Å²) in [5.41, 5.74) is -0.950. The second-order valence-electron chi connectivity index (χ2n) is 4.62. The van der Waals surface area contributed by atoms with E-state index >= 15 is 0 Å². The molecule has 1 fully saturated rings. The molecule has 1 aliphatic rings. The Hall–Kier alpha value is -0.710. The van der Waals surface area contributed by atoms with Crippen molar-refractivity contribution in [3.8, 4) is 0 Å². The van der Waals surface area contributed by atoms with Crippen LogP contribution in [0.5, 0.6) is 0 Å². The Bertz CT molecular complexity index is 441. The van der Waals surface area contributed by atoms with E-state index in [4.69, 9.17) is 16.3 Å². The van der Waals surface area contributed by atoms with Crippen molar-refractivity contribution in [1.29, 1.82) is 0 Å². The number of rotatable bonds is 1. The van der Waals surface area contributed by atoms with Crippen LogP contribution < -0.4 is 4.57 Å². The first-order chi connectivity index (χ1) is 7.95. The molecule has 5 heteroatoms. The zero-order chi connectivity index (χ0) is 12.6. The molecule has 1 aromatic rings. The van der Waals surface area contributed by atoms with E-state index in [1.165, 1.54) is 16.8 Å². The molecular weight excluding hydrogens is 245 g/mol. The number of aryl methyl sites for hydroxylation is 1. The monoisotopic (exact) mass is 260 g/mol. The van der Waals surface area contributed by atoms with Crippen molar-refractivity contribution in [2.75, 3.05) is 13.2 Å². The van der Waals surface area contributed by atoms with Crippen LogP contribution in [0.2, 0.25) is 5.02 Å². The number of aromatic nitrogens is 1. The van der Waals surface area contributed by atoms with E-state index in [-0.39, 0.29) is 11.5 Å². The summed E-state index contributed by atoms with van der Waals surface area (Å²) >= 11 is 5.92. The van der Waals surface area contributed by atoms with E-state index in [9.17, 15) is 9.50 Å². The van der Waals surface area contributed by atoms with E-state index in [1.54, 1.807) is 7.05 Å². The van der Waals surface area contributed by atoms with Gasteiger partial charge in [-0.2, -0.15) is 4.57 Å². The first kappa shape index (κ1) is 12.7. The van der Waals surface area contributed by atoms with E-state index in [0.717, 1.165) is 0 Å². The molecule has 1 saturated heterocycles. The highest BCUT2D eigenvalue weighted by Crippen LogP contribution is 2.37. The number of pyridine rings is 1. The third-order valence-electron chi connectivity index (χ3n) is 3.41. The van der Waals surface area contributed by atoms with Crippen LogP contribution in [0.1, 0.15) is 18.9 Å². The minimum Gasteiger partial charge on any atom is -0.384 e. The third-order valence-corrected chi connectivity index (χ3v) is 3.61. The van der Waals surface area contributed by atoms with Gasteiger partial charge in [-0.1, -0.05) is 18.5 Å². The van der Waals surface area contributed by atoms with Gasteiger partial charge in [0.1, 0.15) is 17.7 Å². The van der Waals surface area contributed by atoms with Crippen LogP contribution in [-0.4, -0.2) is 18.3 Å². The molecule has 17 heavy (non-hydrogen) atoms. The molecule has 1 N–H and O–H groups in total. The summed E-state index contributed by atoms with van der Waals surface area (Å²) in [7, 11) is 1.57. The average molecular weight is 261 g/mol. The second-order valence-corrected chi connectivity index (χ2v) is 5.06. The van der Waals surface area contributed by atoms with E-state index in [0.29, 0.717) is 24.7 Å². The molecule has 94 valence electrons. The van der Waals surface area contributed by atoms with Crippen LogP contribution >= 0.6 is 11.6 Å². The largest absolute Gasteiger partial charge is 0.384 e. The van der Waals surface area contributed by atoms with Gasteiger partial charge in [0.2, 0.25) is 0 Å². The standard InChI is InChI=1S/C12H16ClFNO2/c1-8-7-17-4-3-12(8,16)10-5-9(13)6-15(2)11(10)14/h5-6,8,16H,3-4,7H2,1-2H3/q+1. The number of halogens is 2. The zero-order valence-corrected chi connectivity index (χ0v) is 10.7. The molecule has 0 aromatic carbocycles. The van der Waals surface area contributed by atoms with Crippen molar-refractivity contribution in [2.24, 2.45) is 13.0 Å². The maximum atomic E-state index is 14.1. The van der Waals surface area contributed by atoms with Crippen LogP contribution in [0, 0.1) is 11.9 Å². The molecule has 2 heterocycles. The topological polar surface area (TPSA) is 33.3 Å². The Morgan fingerprint density at radius 1 is 1.65 bits per heavy atom. The summed E-state index contributed by atoms with van der Waals surface area (Å²) in [4.78, 5) is 0. The number of ether oxygens (including phenoxy) is 1. The lowest BCUT2D eigenvalue weighted by atomic mass is 9.79. The molecule has 0 aliphatic carbocycles. The Labute approximate surface area is 105 Å². The highest BCUT2D eigenvalue weighted by atomic mass is 35.5. The van der Waals surface area contributed by atoms with Gasteiger partial charge in [0.15, 0.2) is 6.20 Å². The van der Waals surface area contributed by atoms with Crippen molar-refractivity contribution in [3.63, 3.8) is 0 Å². The third kappa shape index (κ3) is 2.17. The molecule has 2 unspecified atom stereocenters. The molecule has 0 spiro atoms. The van der Waals surface area contributed by atoms with Gasteiger partial charge in [-0.3, -0.25) is 0 Å². The fourth-order valence-corrected chi connectivity index (χ4v) is 2.50. The lowest BCUT2D eigenvalue weighted by Crippen LogP contribution is -2.45. The summed E-state index contributed by atoms with van der Waals surface area (Å²) < 4.78 is 20.7. The predicted octanol–water partition coefficient (Wildman–Crippen LogP) is 1.55. The molecule has 0 radical (unpaired) electrons. The molecule has 1 aliphatic heterocycles. The Morgan fingerprint density at radius 2 is 2.35 bits per heavy atom. The summed E-state index contributed by atoms with van der Waals surface area (Å²) in [5, 5.41) is 11.1. The van der Waals surface area contributed by atoms with Crippen LogP contribution in [-0.2, 0) is 17.4 Å². The molecule has 2 atom stereocenters. The van der Waals surface area contributed by atoms with Gasteiger partial charge in [0.05, 0.1) is 12.2 Å². The van der Waals surface area contributed by atoms with Crippen LogP contribution in [0.3, 0.4) is 0 Å². The second kappa shape index (κ2) is 4.52. The van der Waals surface area contributed by atoms with Crippen molar-refractivity contribution in [1.82, 2.24) is 0 Å². The van der Waals surface area contributed by atoms with Crippen molar-refractivity contribution >= 4 is 11.6 Å². The van der Waals surface area contributed by atoms with E-state index < -0.39 is 11.5 Å². The summed E-state index contributed by atoms with van der Waals surface area (Å²) in [5.74, 6) is -0.616. The SMILES string of the molecule is CC1COCCC1(O)c1cc(Cl)c[n+](C)c1F. The molecule has 2 rings (SSSR count). The predicted molar refractivity (Wildman–Crippen MR) is 61.1 cm³/mol. The highest BCUT2D eigenvalue weighted by molar-refractivity contribution is 6.30. The first-order valence-corrected chi connectivity index (χ1v) is 5.98. The molecular formula is C12H16ClFNO2+. The van der Waals surface area contributed by atoms with Crippen molar-refractivity contribution in [3.05, 3.63) is 28.8 Å².